The molecule has 3 aromatic carbocycles. The van der Waals surface area contributed by atoms with Crippen LogP contribution in [0.1, 0.15) is 15.9 Å². The van der Waals surface area contributed by atoms with Crippen molar-refractivity contribution >= 4 is 28.7 Å². The van der Waals surface area contributed by atoms with Crippen LogP contribution in [0.2, 0.25) is 0 Å². The average molecular weight is 513 g/mol. The molecule has 0 bridgehead atoms. The summed E-state index contributed by atoms with van der Waals surface area (Å²) >= 11 is 0. The fraction of sp³-hybridized carbons (Fsp3) is 0.143. The van der Waals surface area contributed by atoms with E-state index in [1.807, 2.05) is 24.3 Å². The maximum atomic E-state index is 13.0. The second-order valence-electron chi connectivity index (χ2n) is 8.48. The minimum Gasteiger partial charge on any atom is -0.496 e. The lowest BCUT2D eigenvalue weighted by atomic mass is 10.0. The van der Waals surface area contributed by atoms with Crippen LogP contribution in [0.25, 0.3) is 11.1 Å². The Kier molecular flexibility index (Phi) is 6.77. The number of hydrogen-bond donors (Lipinski definition) is 2. The van der Waals surface area contributed by atoms with Crippen LogP contribution >= 0.6 is 0 Å². The smallest absolute Gasteiger partial charge is 0.310 e. The van der Waals surface area contributed by atoms with Crippen molar-refractivity contribution in [1.82, 2.24) is 4.98 Å². The van der Waals surface area contributed by atoms with E-state index < -0.39 is 4.92 Å². The van der Waals surface area contributed by atoms with E-state index in [4.69, 9.17) is 14.2 Å². The number of carbonyl (C=O) groups is 1. The van der Waals surface area contributed by atoms with Gasteiger partial charge in [0.2, 0.25) is 0 Å². The summed E-state index contributed by atoms with van der Waals surface area (Å²) in [5.74, 6) is 1.19. The SMILES string of the molecule is COc1cc2c(cc1CCOc1cccnc1)Nc1cc(-c3ccc([N+](=O)[O-])c(OC)c3)ccc1C(=O)N2. The standard InChI is InChI=1S/C28H24N4O6/c1-36-26-15-24-23(13-19(26)9-11-38-20-4-3-10-29-16-20)30-22-12-17(5-7-21(22)28(33)31-24)18-6-8-25(32(34)35)27(14-18)37-2/h3-8,10,12-16,30H,9,11H2,1-2H3,(H,31,33). The summed E-state index contributed by atoms with van der Waals surface area (Å²) in [6.07, 6.45) is 3.90. The normalized spacial score (nSPS) is 11.8. The minimum atomic E-state index is -0.490. The van der Waals surface area contributed by atoms with Crippen molar-refractivity contribution in [3.63, 3.8) is 0 Å². The first-order valence-corrected chi connectivity index (χ1v) is 11.8. The van der Waals surface area contributed by atoms with Gasteiger partial charge in [-0.2, -0.15) is 0 Å². The number of anilines is 3. The zero-order valence-corrected chi connectivity index (χ0v) is 20.7. The maximum absolute atomic E-state index is 13.0. The monoisotopic (exact) mass is 512 g/mol. The number of ether oxygens (including phenoxy) is 3. The molecule has 1 aliphatic rings. The second kappa shape index (κ2) is 10.5. The zero-order chi connectivity index (χ0) is 26.6. The average Bonchev–Trinajstić information content (AvgIpc) is 3.07. The van der Waals surface area contributed by atoms with Gasteiger partial charge in [-0.15, -0.1) is 0 Å². The minimum absolute atomic E-state index is 0.119. The molecule has 4 aromatic rings. The Labute approximate surface area is 218 Å². The van der Waals surface area contributed by atoms with Crippen molar-refractivity contribution in [3.8, 4) is 28.4 Å². The van der Waals surface area contributed by atoms with Crippen LogP contribution in [-0.2, 0) is 6.42 Å². The Morgan fingerprint density at radius 2 is 1.66 bits per heavy atom. The number of hydrogen-bond acceptors (Lipinski definition) is 8. The van der Waals surface area contributed by atoms with E-state index in [1.54, 1.807) is 49.8 Å². The van der Waals surface area contributed by atoms with Gasteiger partial charge in [-0.1, -0.05) is 6.07 Å². The van der Waals surface area contributed by atoms with E-state index in [0.29, 0.717) is 52.7 Å². The van der Waals surface area contributed by atoms with Gasteiger partial charge in [0.25, 0.3) is 5.91 Å². The highest BCUT2D eigenvalue weighted by atomic mass is 16.6. The lowest BCUT2D eigenvalue weighted by Crippen LogP contribution is -2.11. The topological polar surface area (TPSA) is 125 Å². The van der Waals surface area contributed by atoms with E-state index >= 15 is 0 Å². The fourth-order valence-electron chi connectivity index (χ4n) is 4.30. The summed E-state index contributed by atoms with van der Waals surface area (Å²) in [4.78, 5) is 27.9. The molecule has 0 saturated heterocycles. The fourth-order valence-corrected chi connectivity index (χ4v) is 4.30. The Morgan fingerprint density at radius 1 is 0.895 bits per heavy atom. The Morgan fingerprint density at radius 3 is 2.39 bits per heavy atom. The van der Waals surface area contributed by atoms with Crippen molar-refractivity contribution in [2.75, 3.05) is 31.5 Å². The first kappa shape index (κ1) is 24.6. The van der Waals surface area contributed by atoms with Gasteiger partial charge in [-0.3, -0.25) is 19.9 Å². The van der Waals surface area contributed by atoms with Gasteiger partial charge in [-0.25, -0.2) is 0 Å². The molecule has 5 rings (SSSR count). The van der Waals surface area contributed by atoms with E-state index in [1.165, 1.54) is 13.2 Å². The molecule has 192 valence electrons. The lowest BCUT2D eigenvalue weighted by molar-refractivity contribution is -0.385. The highest BCUT2D eigenvalue weighted by Gasteiger charge is 2.22. The molecule has 2 N–H and O–H groups in total. The molecular weight excluding hydrogens is 488 g/mol. The largest absolute Gasteiger partial charge is 0.496 e. The van der Waals surface area contributed by atoms with E-state index in [-0.39, 0.29) is 17.3 Å². The van der Waals surface area contributed by atoms with Gasteiger partial charge in [-0.05, 0) is 59.2 Å². The molecule has 1 aliphatic heterocycles. The van der Waals surface area contributed by atoms with Crippen LogP contribution in [-0.4, -0.2) is 36.6 Å². The molecule has 0 unspecified atom stereocenters. The number of nitrogens with one attached hydrogen (secondary N) is 2. The third-order valence-electron chi connectivity index (χ3n) is 6.19. The number of rotatable bonds is 8. The summed E-state index contributed by atoms with van der Waals surface area (Å²) < 4.78 is 16.6. The van der Waals surface area contributed by atoms with Gasteiger partial charge < -0.3 is 24.8 Å². The lowest BCUT2D eigenvalue weighted by Gasteiger charge is -2.15. The number of nitro benzene ring substituents is 1. The number of nitrogens with zero attached hydrogens (tertiary/aromatic N) is 2. The molecule has 0 atom stereocenters. The van der Waals surface area contributed by atoms with Crippen molar-refractivity contribution in [2.24, 2.45) is 0 Å². The first-order valence-electron chi connectivity index (χ1n) is 11.8. The highest BCUT2D eigenvalue weighted by molar-refractivity contribution is 6.12. The third-order valence-corrected chi connectivity index (χ3v) is 6.19. The Hall–Kier alpha value is -5.12. The number of methoxy groups -OCH3 is 2. The molecular formula is C28H24N4O6. The second-order valence-corrected chi connectivity index (χ2v) is 8.48. The van der Waals surface area contributed by atoms with Crippen LogP contribution in [0, 0.1) is 10.1 Å². The van der Waals surface area contributed by atoms with Crippen molar-refractivity contribution < 1.29 is 23.9 Å². The predicted molar refractivity (Wildman–Crippen MR) is 143 cm³/mol. The van der Waals surface area contributed by atoms with Crippen LogP contribution < -0.4 is 24.8 Å². The third kappa shape index (κ3) is 4.92. The van der Waals surface area contributed by atoms with Crippen molar-refractivity contribution in [1.29, 1.82) is 0 Å². The van der Waals surface area contributed by atoms with E-state index in [9.17, 15) is 14.9 Å². The molecule has 10 heteroatoms. The molecule has 10 nitrogen and oxygen atoms in total. The molecule has 0 fully saturated rings. The van der Waals surface area contributed by atoms with Crippen LogP contribution in [0.4, 0.5) is 22.7 Å². The molecule has 0 radical (unpaired) electrons. The number of benzene rings is 3. The van der Waals surface area contributed by atoms with Crippen LogP contribution in [0.3, 0.4) is 0 Å². The van der Waals surface area contributed by atoms with Gasteiger partial charge >= 0.3 is 5.69 Å². The predicted octanol–water partition coefficient (Wildman–Crippen LogP) is 5.60. The quantitative estimate of drug-likeness (QED) is 0.231. The molecule has 0 spiro atoms. The summed E-state index contributed by atoms with van der Waals surface area (Å²) in [5, 5.41) is 17.6. The number of aromatic nitrogens is 1. The van der Waals surface area contributed by atoms with Crippen molar-refractivity contribution in [3.05, 3.63) is 94.3 Å². The van der Waals surface area contributed by atoms with E-state index in [0.717, 1.165) is 11.1 Å². The summed E-state index contributed by atoms with van der Waals surface area (Å²) in [6.45, 7) is 0.413. The Balaban J connectivity index is 1.45. The van der Waals surface area contributed by atoms with Gasteiger partial charge in [0.05, 0.1) is 54.6 Å². The maximum Gasteiger partial charge on any atom is 0.310 e. The number of amides is 1. The molecule has 1 amide bonds. The number of fused-ring (bicyclic) bond motifs is 2. The molecule has 0 aliphatic carbocycles. The molecule has 38 heavy (non-hydrogen) atoms. The summed E-state index contributed by atoms with van der Waals surface area (Å²) in [7, 11) is 2.97. The van der Waals surface area contributed by atoms with Gasteiger partial charge in [0, 0.05) is 24.8 Å². The van der Waals surface area contributed by atoms with Gasteiger partial charge in [0.15, 0.2) is 5.75 Å². The summed E-state index contributed by atoms with van der Waals surface area (Å²) in [5.41, 5.74) is 4.59. The zero-order valence-electron chi connectivity index (χ0n) is 20.7. The van der Waals surface area contributed by atoms with Crippen LogP contribution in [0.15, 0.2) is 73.1 Å². The molecule has 2 heterocycles. The summed E-state index contributed by atoms with van der Waals surface area (Å²) in [6, 6.07) is 17.4. The number of pyridine rings is 1. The number of nitro groups is 1. The Bertz CT molecular complexity index is 1520. The molecule has 0 saturated carbocycles. The van der Waals surface area contributed by atoms with Crippen LogP contribution in [0.5, 0.6) is 17.2 Å². The van der Waals surface area contributed by atoms with E-state index in [2.05, 4.69) is 15.6 Å². The highest BCUT2D eigenvalue weighted by Crippen LogP contribution is 2.39. The molecule has 1 aromatic heterocycles. The van der Waals surface area contributed by atoms with Crippen molar-refractivity contribution in [2.45, 2.75) is 6.42 Å². The number of carbonyl (C=O) groups excluding carboxylic acids is 1. The van der Waals surface area contributed by atoms with Gasteiger partial charge in [0.1, 0.15) is 11.5 Å². The first-order chi connectivity index (χ1) is 18.5.